The molecular weight excluding hydrogens is 640 g/mol. The summed E-state index contributed by atoms with van der Waals surface area (Å²) >= 11 is 0. The number of rotatable bonds is 17. The lowest BCUT2D eigenvalue weighted by atomic mass is 10.1. The zero-order chi connectivity index (χ0) is 34.7. The lowest BCUT2D eigenvalue weighted by Crippen LogP contribution is -2.48. The third-order valence-electron chi connectivity index (χ3n) is 7.66. The molecule has 0 aliphatic carbocycles. The molecule has 7 N–H and O–H groups in total. The van der Waals surface area contributed by atoms with Gasteiger partial charge >= 0.3 is 5.97 Å². The number of amides is 2. The number of nitrogens with two attached hydrogens (primary N) is 1. The van der Waals surface area contributed by atoms with Crippen LogP contribution < -0.4 is 31.1 Å². The molecule has 0 unspecified atom stereocenters. The van der Waals surface area contributed by atoms with E-state index in [1.54, 1.807) is 36.7 Å². The molecule has 260 valence electrons. The highest BCUT2D eigenvalue weighted by Gasteiger charge is 2.29. The van der Waals surface area contributed by atoms with Crippen molar-refractivity contribution in [2.75, 3.05) is 39.3 Å². The van der Waals surface area contributed by atoms with E-state index in [1.807, 2.05) is 6.20 Å². The van der Waals surface area contributed by atoms with Crippen molar-refractivity contribution >= 4 is 44.5 Å². The molecule has 2 aromatic carbocycles. The summed E-state index contributed by atoms with van der Waals surface area (Å²) in [7, 11) is -4.31. The average Bonchev–Trinajstić information content (AvgIpc) is 3.46. The second-order valence-electron chi connectivity index (χ2n) is 11.6. The molecule has 3 aromatic rings. The Morgan fingerprint density at radius 1 is 1.08 bits per heavy atom. The minimum absolute atomic E-state index is 0.0852. The molecule has 0 spiro atoms. The van der Waals surface area contributed by atoms with Gasteiger partial charge in [0.25, 0.3) is 5.91 Å². The second-order valence-corrected chi connectivity index (χ2v) is 13.2. The van der Waals surface area contributed by atoms with Gasteiger partial charge in [0.1, 0.15) is 11.8 Å². The Morgan fingerprint density at radius 3 is 2.54 bits per heavy atom. The molecule has 1 aliphatic heterocycles. The maximum atomic E-state index is 13.3. The van der Waals surface area contributed by atoms with Crippen LogP contribution in [0.3, 0.4) is 0 Å². The number of hydrogen-bond acceptors (Lipinski definition) is 10. The Labute approximate surface area is 279 Å². The Balaban J connectivity index is 1.33. The third kappa shape index (κ3) is 10.2. The van der Waals surface area contributed by atoms with Crippen LogP contribution in [0.25, 0.3) is 10.9 Å². The lowest BCUT2D eigenvalue weighted by molar-refractivity contribution is -0.138. The zero-order valence-electron chi connectivity index (χ0n) is 27.3. The number of carbonyl (C=O) groups is 3. The Morgan fingerprint density at radius 2 is 1.85 bits per heavy atom. The van der Waals surface area contributed by atoms with E-state index in [-0.39, 0.29) is 29.4 Å². The first-order valence-corrected chi connectivity index (χ1v) is 17.4. The van der Waals surface area contributed by atoms with Gasteiger partial charge in [-0.05, 0) is 74.6 Å². The lowest BCUT2D eigenvalue weighted by Gasteiger charge is -2.19. The van der Waals surface area contributed by atoms with Gasteiger partial charge in [-0.2, -0.15) is 9.82 Å². The van der Waals surface area contributed by atoms with Crippen LogP contribution in [0.4, 0.5) is 0 Å². The highest BCUT2D eigenvalue weighted by atomic mass is 32.2. The van der Waals surface area contributed by atoms with Gasteiger partial charge in [0.05, 0.1) is 29.4 Å². The van der Waals surface area contributed by atoms with E-state index < -0.39 is 34.5 Å². The normalized spacial score (nSPS) is 13.9. The van der Waals surface area contributed by atoms with E-state index in [4.69, 9.17) is 10.5 Å². The van der Waals surface area contributed by atoms with Crippen molar-refractivity contribution in [1.82, 2.24) is 30.5 Å². The van der Waals surface area contributed by atoms with Crippen molar-refractivity contribution in [3.8, 4) is 5.75 Å². The van der Waals surface area contributed by atoms with E-state index in [1.165, 1.54) is 12.1 Å². The van der Waals surface area contributed by atoms with Crippen LogP contribution in [0, 0.1) is 13.8 Å². The molecule has 15 nitrogen and oxygen atoms in total. The quantitative estimate of drug-likeness (QED) is 0.112. The van der Waals surface area contributed by atoms with Crippen LogP contribution in [0.5, 0.6) is 5.75 Å². The number of ether oxygens (including phenoxy) is 1. The number of aliphatic carboxylic acids is 1. The summed E-state index contributed by atoms with van der Waals surface area (Å²) in [6, 6.07) is 6.38. The summed E-state index contributed by atoms with van der Waals surface area (Å²) in [5.74, 6) is -0.707. The van der Waals surface area contributed by atoms with Gasteiger partial charge in [0.2, 0.25) is 15.9 Å². The monoisotopic (exact) mass is 684 g/mol. The highest BCUT2D eigenvalue weighted by molar-refractivity contribution is 7.89. The van der Waals surface area contributed by atoms with Crippen molar-refractivity contribution in [1.29, 1.82) is 0 Å². The number of nitrogens with one attached hydrogen (secondary N) is 4. The first-order valence-electron chi connectivity index (χ1n) is 16.0. The topological polar surface area (TPSA) is 219 Å². The van der Waals surface area contributed by atoms with Crippen LogP contribution >= 0.6 is 0 Å². The number of sulfonamides is 1. The van der Waals surface area contributed by atoms with Crippen molar-refractivity contribution < 1.29 is 32.6 Å². The Bertz CT molecular complexity index is 1730. The van der Waals surface area contributed by atoms with E-state index in [0.29, 0.717) is 55.0 Å². The third-order valence-corrected chi connectivity index (χ3v) is 9.43. The van der Waals surface area contributed by atoms with E-state index in [0.717, 1.165) is 37.0 Å². The number of carboxylic acids is 1. The van der Waals surface area contributed by atoms with Crippen molar-refractivity contribution in [3.05, 3.63) is 53.2 Å². The molecule has 48 heavy (non-hydrogen) atoms. The van der Waals surface area contributed by atoms with E-state index >= 15 is 0 Å². The highest BCUT2D eigenvalue weighted by Crippen LogP contribution is 2.26. The number of nitrogens with zero attached hydrogens (tertiary/aromatic N) is 3. The molecule has 0 saturated heterocycles. The van der Waals surface area contributed by atoms with Crippen LogP contribution in [0.1, 0.15) is 53.6 Å². The number of amidine groups is 1. The van der Waals surface area contributed by atoms with Crippen LogP contribution in [0.15, 0.2) is 46.4 Å². The number of fused-ring (bicyclic) bond motifs is 1. The van der Waals surface area contributed by atoms with Crippen molar-refractivity contribution in [3.63, 3.8) is 0 Å². The smallest absolute Gasteiger partial charge is 0.323 e. The maximum Gasteiger partial charge on any atom is 0.323 e. The fourth-order valence-electron chi connectivity index (χ4n) is 5.35. The fraction of sp³-hybridized carbons (Fsp3) is 0.469. The first kappa shape index (κ1) is 36.3. The molecule has 4 rings (SSSR count). The minimum atomic E-state index is -4.31. The maximum absolute atomic E-state index is 13.3. The van der Waals surface area contributed by atoms with E-state index in [2.05, 4.69) is 30.8 Å². The molecule has 0 bridgehead atoms. The minimum Gasteiger partial charge on any atom is -0.494 e. The molecule has 0 fully saturated rings. The SMILES string of the molecule is Cc1cc(OCCCC(=O)NCCN)cc(C)c1S(=O)(=O)N[C@@H](CNC(=O)c1ccc2nn(CCNC3=NCCCC3)cc2c1)C(=O)O. The van der Waals surface area contributed by atoms with Crippen LogP contribution in [-0.4, -0.2) is 92.3 Å². The number of aryl methyl sites for hydroxylation is 2. The second kappa shape index (κ2) is 17.0. The zero-order valence-corrected chi connectivity index (χ0v) is 28.1. The first-order chi connectivity index (χ1) is 23.0. The molecule has 0 radical (unpaired) electrons. The largest absolute Gasteiger partial charge is 0.494 e. The molecule has 1 aromatic heterocycles. The number of carboxylic acid groups (broad SMARTS) is 1. The van der Waals surface area contributed by atoms with Gasteiger partial charge in [-0.25, -0.2) is 8.42 Å². The van der Waals surface area contributed by atoms with Crippen LogP contribution in [0.2, 0.25) is 0 Å². The number of aromatic nitrogens is 2. The summed E-state index contributed by atoms with van der Waals surface area (Å²) in [5, 5.41) is 23.6. The molecule has 2 amide bonds. The predicted octanol–water partition coefficient (Wildman–Crippen LogP) is 1.22. The number of carbonyl (C=O) groups excluding carboxylic acids is 2. The molecular formula is C32H44N8O7S. The Hall–Kier alpha value is -4.54. The summed E-state index contributed by atoms with van der Waals surface area (Å²) in [6.45, 7) is 5.79. The average molecular weight is 685 g/mol. The van der Waals surface area contributed by atoms with Gasteiger partial charge in [-0.15, -0.1) is 0 Å². The van der Waals surface area contributed by atoms with Gasteiger partial charge in [0.15, 0.2) is 0 Å². The Kier molecular flexibility index (Phi) is 12.9. The summed E-state index contributed by atoms with van der Waals surface area (Å²) in [6.07, 6.45) is 5.74. The number of aliphatic imine (C=N–C) groups is 1. The summed E-state index contributed by atoms with van der Waals surface area (Å²) in [5.41, 5.74) is 7.04. The van der Waals surface area contributed by atoms with E-state index in [9.17, 15) is 27.9 Å². The van der Waals surface area contributed by atoms with Gasteiger partial charge in [0, 0.05) is 62.7 Å². The van der Waals surface area contributed by atoms with Gasteiger partial charge < -0.3 is 31.5 Å². The van der Waals surface area contributed by atoms with Gasteiger partial charge in [-0.1, -0.05) is 0 Å². The molecule has 0 saturated carbocycles. The molecule has 2 heterocycles. The van der Waals surface area contributed by atoms with Gasteiger partial charge in [-0.3, -0.25) is 24.1 Å². The molecule has 1 aliphatic rings. The molecule has 16 heteroatoms. The summed E-state index contributed by atoms with van der Waals surface area (Å²) in [4.78, 5) is 41.1. The number of benzene rings is 2. The summed E-state index contributed by atoms with van der Waals surface area (Å²) < 4.78 is 36.4. The van der Waals surface area contributed by atoms with Crippen molar-refractivity contribution in [2.45, 2.75) is 63.4 Å². The number of hydrogen-bond donors (Lipinski definition) is 6. The standard InChI is InChI=1S/C32H44N8O7S/c1-21-16-25(47-15-5-7-29(41)36-12-10-33)17-22(2)30(21)48(45,46)39-27(32(43)44)19-37-31(42)23-8-9-26-24(18-23)20-40(38-26)14-13-35-28-6-3-4-11-34-28/h8-9,16-18,20,27,39H,3-7,10-15,19,33H2,1-2H3,(H,34,35)(H,36,41)(H,37,42)(H,43,44)/t27-/m0/s1. The fourth-order valence-corrected chi connectivity index (χ4v) is 6.99. The molecule has 1 atom stereocenters. The van der Waals surface area contributed by atoms with Crippen molar-refractivity contribution in [2.24, 2.45) is 10.7 Å². The predicted molar refractivity (Wildman–Crippen MR) is 181 cm³/mol. The van der Waals surface area contributed by atoms with Crippen LogP contribution in [-0.2, 0) is 26.2 Å².